The van der Waals surface area contributed by atoms with Gasteiger partial charge in [-0.05, 0) is 42.2 Å². The second-order valence-electron chi connectivity index (χ2n) is 3.94. The average molecular weight is 204 g/mol. The van der Waals surface area contributed by atoms with Crippen LogP contribution in [0.5, 0.6) is 0 Å². The molecule has 0 amide bonds. The summed E-state index contributed by atoms with van der Waals surface area (Å²) in [7, 11) is 0. The van der Waals surface area contributed by atoms with E-state index in [1.807, 2.05) is 12.1 Å². The number of carbonyl (C=O) groups excluding carboxylic acids is 1. The van der Waals surface area contributed by atoms with Gasteiger partial charge >= 0.3 is 0 Å². The van der Waals surface area contributed by atoms with Gasteiger partial charge in [0.1, 0.15) is 11.6 Å². The summed E-state index contributed by atoms with van der Waals surface area (Å²) in [5.74, 6) is 0.115. The quantitative estimate of drug-likeness (QED) is 0.686. The van der Waals surface area contributed by atoms with Gasteiger partial charge in [-0.2, -0.15) is 0 Å². The highest BCUT2D eigenvalue weighted by atomic mass is 19.1. The van der Waals surface area contributed by atoms with Crippen LogP contribution in [0.4, 0.5) is 4.39 Å². The maximum Gasteiger partial charge on any atom is 0.137 e. The molecule has 2 heteroatoms. The lowest BCUT2D eigenvalue weighted by Crippen LogP contribution is -2.03. The van der Waals surface area contributed by atoms with E-state index in [0.29, 0.717) is 18.4 Å². The molecule has 0 unspecified atom stereocenters. The van der Waals surface area contributed by atoms with Crippen LogP contribution >= 0.6 is 0 Å². The molecule has 0 aliphatic heterocycles. The first kappa shape index (κ1) is 10.1. The SMILES string of the molecule is Cc1cc(C2=CCC(=O)CC2)ccc1F. The Balaban J connectivity index is 2.30. The molecule has 1 aliphatic carbocycles. The molecule has 1 nitrogen and oxygen atoms in total. The minimum Gasteiger partial charge on any atom is -0.299 e. The number of ketones is 1. The molecule has 15 heavy (non-hydrogen) atoms. The molecule has 0 N–H and O–H groups in total. The summed E-state index contributed by atoms with van der Waals surface area (Å²) < 4.78 is 13.1. The van der Waals surface area contributed by atoms with Crippen molar-refractivity contribution < 1.29 is 9.18 Å². The smallest absolute Gasteiger partial charge is 0.137 e. The summed E-state index contributed by atoms with van der Waals surface area (Å²) >= 11 is 0. The van der Waals surface area contributed by atoms with Crippen LogP contribution in [-0.2, 0) is 4.79 Å². The van der Waals surface area contributed by atoms with Gasteiger partial charge in [-0.3, -0.25) is 4.79 Å². The largest absolute Gasteiger partial charge is 0.299 e. The lowest BCUT2D eigenvalue weighted by atomic mass is 9.92. The number of allylic oxidation sites excluding steroid dienone is 2. The van der Waals surface area contributed by atoms with Crippen molar-refractivity contribution in [3.8, 4) is 0 Å². The normalized spacial score (nSPS) is 16.4. The van der Waals surface area contributed by atoms with Crippen molar-refractivity contribution in [1.29, 1.82) is 0 Å². The molecule has 0 saturated carbocycles. The number of aryl methyl sites for hydroxylation is 1. The molecule has 1 aromatic rings. The van der Waals surface area contributed by atoms with Gasteiger partial charge in [0, 0.05) is 12.8 Å². The number of carbonyl (C=O) groups is 1. The van der Waals surface area contributed by atoms with E-state index in [4.69, 9.17) is 0 Å². The zero-order chi connectivity index (χ0) is 10.8. The topological polar surface area (TPSA) is 17.1 Å². The summed E-state index contributed by atoms with van der Waals surface area (Å²) in [5, 5.41) is 0. The van der Waals surface area contributed by atoms with E-state index in [-0.39, 0.29) is 11.6 Å². The summed E-state index contributed by atoms with van der Waals surface area (Å²) in [6.07, 6.45) is 3.87. The Kier molecular flexibility index (Phi) is 2.67. The molecule has 0 atom stereocenters. The Morgan fingerprint density at radius 3 is 2.67 bits per heavy atom. The minimum atomic E-state index is -0.175. The second kappa shape index (κ2) is 3.97. The van der Waals surface area contributed by atoms with Crippen molar-refractivity contribution in [2.45, 2.75) is 26.2 Å². The van der Waals surface area contributed by atoms with Gasteiger partial charge in [0.25, 0.3) is 0 Å². The van der Waals surface area contributed by atoms with Crippen LogP contribution in [0.2, 0.25) is 0 Å². The van der Waals surface area contributed by atoms with Crippen LogP contribution in [0, 0.1) is 12.7 Å². The standard InChI is InChI=1S/C13H13FO/c1-9-8-11(4-7-13(9)14)10-2-5-12(15)6-3-10/h2,4,7-8H,3,5-6H2,1H3. The van der Waals surface area contributed by atoms with Crippen LogP contribution in [0.3, 0.4) is 0 Å². The lowest BCUT2D eigenvalue weighted by molar-refractivity contribution is -0.118. The fourth-order valence-electron chi connectivity index (χ4n) is 1.82. The van der Waals surface area contributed by atoms with Crippen molar-refractivity contribution in [2.24, 2.45) is 0 Å². The van der Waals surface area contributed by atoms with Crippen molar-refractivity contribution in [2.75, 3.05) is 0 Å². The van der Waals surface area contributed by atoms with Crippen molar-refractivity contribution >= 4 is 11.4 Å². The summed E-state index contributed by atoms with van der Waals surface area (Å²) in [4.78, 5) is 11.1. The van der Waals surface area contributed by atoms with Gasteiger partial charge in [-0.25, -0.2) is 4.39 Å². The number of hydrogen-bond donors (Lipinski definition) is 0. The van der Waals surface area contributed by atoms with Gasteiger partial charge in [0.2, 0.25) is 0 Å². The molecule has 0 fully saturated rings. The van der Waals surface area contributed by atoms with Crippen LogP contribution in [0.25, 0.3) is 5.57 Å². The van der Waals surface area contributed by atoms with Crippen LogP contribution < -0.4 is 0 Å². The Bertz CT molecular complexity index is 432. The molecular formula is C13H13FO. The maximum absolute atomic E-state index is 13.1. The maximum atomic E-state index is 13.1. The van der Waals surface area contributed by atoms with Crippen molar-refractivity contribution in [1.82, 2.24) is 0 Å². The first-order valence-electron chi connectivity index (χ1n) is 5.14. The third-order valence-corrected chi connectivity index (χ3v) is 2.78. The number of halogens is 1. The van der Waals surface area contributed by atoms with Crippen molar-refractivity contribution in [3.05, 3.63) is 41.2 Å². The molecule has 1 aromatic carbocycles. The third kappa shape index (κ3) is 2.14. The molecular weight excluding hydrogens is 191 g/mol. The Morgan fingerprint density at radius 2 is 2.07 bits per heavy atom. The molecule has 0 bridgehead atoms. The number of hydrogen-bond acceptors (Lipinski definition) is 1. The number of benzene rings is 1. The van der Waals surface area contributed by atoms with Crippen LogP contribution in [0.15, 0.2) is 24.3 Å². The Hall–Kier alpha value is -1.44. The van der Waals surface area contributed by atoms with E-state index < -0.39 is 0 Å². The molecule has 0 saturated heterocycles. The number of Topliss-reactive ketones (excluding diaryl/α,β-unsaturated/α-hetero) is 1. The lowest BCUT2D eigenvalue weighted by Gasteiger charge is -2.12. The van der Waals surface area contributed by atoms with Gasteiger partial charge < -0.3 is 0 Å². The van der Waals surface area contributed by atoms with Crippen LogP contribution in [-0.4, -0.2) is 5.78 Å². The highest BCUT2D eigenvalue weighted by molar-refractivity contribution is 5.86. The molecule has 0 heterocycles. The fourth-order valence-corrected chi connectivity index (χ4v) is 1.82. The Labute approximate surface area is 88.6 Å². The van der Waals surface area contributed by atoms with Crippen LogP contribution in [0.1, 0.15) is 30.4 Å². The van der Waals surface area contributed by atoms with E-state index in [9.17, 15) is 9.18 Å². The van der Waals surface area contributed by atoms with E-state index in [1.165, 1.54) is 6.07 Å². The molecule has 0 spiro atoms. The fraction of sp³-hybridized carbons (Fsp3) is 0.308. The monoisotopic (exact) mass is 204 g/mol. The molecule has 2 rings (SSSR count). The summed E-state index contributed by atoms with van der Waals surface area (Å²) in [6.45, 7) is 1.76. The molecule has 0 radical (unpaired) electrons. The van der Waals surface area contributed by atoms with E-state index in [0.717, 1.165) is 17.6 Å². The van der Waals surface area contributed by atoms with E-state index in [2.05, 4.69) is 0 Å². The van der Waals surface area contributed by atoms with Crippen molar-refractivity contribution in [3.63, 3.8) is 0 Å². The molecule has 1 aliphatic rings. The minimum absolute atomic E-state index is 0.175. The van der Waals surface area contributed by atoms with Gasteiger partial charge in [-0.15, -0.1) is 0 Å². The second-order valence-corrected chi connectivity index (χ2v) is 3.94. The van der Waals surface area contributed by atoms with E-state index in [1.54, 1.807) is 13.0 Å². The van der Waals surface area contributed by atoms with Gasteiger partial charge in [0.15, 0.2) is 0 Å². The predicted octanol–water partition coefficient (Wildman–Crippen LogP) is 3.27. The zero-order valence-electron chi connectivity index (χ0n) is 8.72. The van der Waals surface area contributed by atoms with E-state index >= 15 is 0 Å². The average Bonchev–Trinajstić information content (AvgIpc) is 2.23. The van der Waals surface area contributed by atoms with Gasteiger partial charge in [0.05, 0.1) is 0 Å². The first-order chi connectivity index (χ1) is 7.16. The molecule has 0 aromatic heterocycles. The Morgan fingerprint density at radius 1 is 1.27 bits per heavy atom. The molecule has 78 valence electrons. The highest BCUT2D eigenvalue weighted by Crippen LogP contribution is 2.26. The third-order valence-electron chi connectivity index (χ3n) is 2.78. The summed E-state index contributed by atoms with van der Waals surface area (Å²) in [6, 6.07) is 5.11. The summed E-state index contributed by atoms with van der Waals surface area (Å²) in [5.41, 5.74) is 2.87. The number of rotatable bonds is 1. The predicted molar refractivity (Wildman–Crippen MR) is 58.0 cm³/mol. The highest BCUT2D eigenvalue weighted by Gasteiger charge is 2.12. The zero-order valence-corrected chi connectivity index (χ0v) is 8.72. The van der Waals surface area contributed by atoms with Gasteiger partial charge in [-0.1, -0.05) is 12.1 Å². The first-order valence-corrected chi connectivity index (χ1v) is 5.14.